The number of nitrogens with zero attached hydrogens (tertiary/aromatic N) is 1. The van der Waals surface area contributed by atoms with E-state index in [1.807, 2.05) is 0 Å². The summed E-state index contributed by atoms with van der Waals surface area (Å²) in [6.07, 6.45) is 0. The van der Waals surface area contributed by atoms with Crippen molar-refractivity contribution in [1.82, 2.24) is 10.2 Å². The summed E-state index contributed by atoms with van der Waals surface area (Å²) in [5.41, 5.74) is 1.39. The van der Waals surface area contributed by atoms with E-state index in [0.29, 0.717) is 12.1 Å². The van der Waals surface area contributed by atoms with Gasteiger partial charge in [0.15, 0.2) is 0 Å². The molecule has 1 saturated heterocycles. The summed E-state index contributed by atoms with van der Waals surface area (Å²) in [5.74, 6) is 0. The van der Waals surface area contributed by atoms with Crippen LogP contribution < -0.4 is 5.32 Å². The van der Waals surface area contributed by atoms with Crippen molar-refractivity contribution in [1.29, 1.82) is 0 Å². The fourth-order valence-corrected chi connectivity index (χ4v) is 1.91. The first-order valence-corrected chi connectivity index (χ1v) is 5.26. The summed E-state index contributed by atoms with van der Waals surface area (Å²) in [4.78, 5) is 2.41. The van der Waals surface area contributed by atoms with Gasteiger partial charge >= 0.3 is 0 Å². The van der Waals surface area contributed by atoms with Crippen LogP contribution in [0.5, 0.6) is 0 Å². The van der Waals surface area contributed by atoms with E-state index in [1.54, 1.807) is 0 Å². The Kier molecular flexibility index (Phi) is 2.85. The van der Waals surface area contributed by atoms with Gasteiger partial charge in [0.05, 0.1) is 0 Å². The number of rotatable bonds is 1. The van der Waals surface area contributed by atoms with Crippen LogP contribution >= 0.6 is 0 Å². The van der Waals surface area contributed by atoms with E-state index in [0.717, 1.165) is 13.1 Å². The second-order valence-corrected chi connectivity index (χ2v) is 4.16. The van der Waals surface area contributed by atoms with Gasteiger partial charge < -0.3 is 10.2 Å². The van der Waals surface area contributed by atoms with Gasteiger partial charge in [-0.2, -0.15) is 0 Å². The van der Waals surface area contributed by atoms with Crippen LogP contribution in [-0.2, 0) is 0 Å². The third-order valence-corrected chi connectivity index (χ3v) is 3.08. The van der Waals surface area contributed by atoms with Crippen molar-refractivity contribution in [2.45, 2.75) is 19.0 Å². The minimum Gasteiger partial charge on any atom is -0.307 e. The lowest BCUT2D eigenvalue weighted by Gasteiger charge is -2.36. The van der Waals surface area contributed by atoms with E-state index < -0.39 is 0 Å². The number of hydrogen-bond acceptors (Lipinski definition) is 2. The molecule has 0 spiro atoms. The first kappa shape index (κ1) is 9.69. The van der Waals surface area contributed by atoms with Crippen molar-refractivity contribution in [2.24, 2.45) is 0 Å². The maximum Gasteiger partial charge on any atom is 0.0449 e. The molecule has 1 aromatic rings. The maximum atomic E-state index is 3.57. The predicted molar refractivity (Wildman–Crippen MR) is 59.3 cm³/mol. The largest absolute Gasteiger partial charge is 0.307 e. The van der Waals surface area contributed by atoms with Crippen LogP contribution in [0, 0.1) is 0 Å². The highest BCUT2D eigenvalue weighted by Gasteiger charge is 2.22. The van der Waals surface area contributed by atoms with E-state index >= 15 is 0 Å². The molecule has 0 aliphatic carbocycles. The summed E-state index contributed by atoms with van der Waals surface area (Å²) in [7, 11) is 2.20. The van der Waals surface area contributed by atoms with Crippen molar-refractivity contribution in [3.8, 4) is 0 Å². The first-order chi connectivity index (χ1) is 6.77. The molecule has 0 radical (unpaired) electrons. The van der Waals surface area contributed by atoms with Gasteiger partial charge in [-0.1, -0.05) is 30.3 Å². The van der Waals surface area contributed by atoms with Crippen molar-refractivity contribution in [3.63, 3.8) is 0 Å². The van der Waals surface area contributed by atoms with E-state index in [4.69, 9.17) is 0 Å². The summed E-state index contributed by atoms with van der Waals surface area (Å²) >= 11 is 0. The maximum absolute atomic E-state index is 3.57. The zero-order valence-electron chi connectivity index (χ0n) is 8.90. The number of piperazine rings is 1. The molecular formula is C12H18N2. The van der Waals surface area contributed by atoms with Gasteiger partial charge in [0.2, 0.25) is 0 Å². The van der Waals surface area contributed by atoms with Gasteiger partial charge in [-0.15, -0.1) is 0 Å². The molecule has 2 rings (SSSR count). The Morgan fingerprint density at radius 3 is 2.64 bits per heavy atom. The number of benzene rings is 1. The molecule has 1 aliphatic rings. The Bertz CT molecular complexity index is 284. The third kappa shape index (κ3) is 1.97. The molecule has 0 aromatic heterocycles. The normalized spacial score (nSPS) is 29.0. The van der Waals surface area contributed by atoms with Crippen molar-refractivity contribution < 1.29 is 0 Å². The molecule has 0 unspecified atom stereocenters. The quantitative estimate of drug-likeness (QED) is 0.724. The Morgan fingerprint density at radius 1 is 1.29 bits per heavy atom. The number of likely N-dealkylation sites (N-methyl/N-ethyl adjacent to an activating group) is 1. The Balaban J connectivity index is 2.07. The van der Waals surface area contributed by atoms with Crippen LogP contribution in [0.25, 0.3) is 0 Å². The summed E-state index contributed by atoms with van der Waals surface area (Å²) < 4.78 is 0. The smallest absolute Gasteiger partial charge is 0.0449 e. The topological polar surface area (TPSA) is 15.3 Å². The average Bonchev–Trinajstić information content (AvgIpc) is 2.23. The van der Waals surface area contributed by atoms with Crippen LogP contribution in [0.3, 0.4) is 0 Å². The van der Waals surface area contributed by atoms with E-state index in [1.165, 1.54) is 5.56 Å². The van der Waals surface area contributed by atoms with Crippen LogP contribution in [0.15, 0.2) is 30.3 Å². The van der Waals surface area contributed by atoms with Crippen LogP contribution in [0.4, 0.5) is 0 Å². The molecule has 2 nitrogen and oxygen atoms in total. The van der Waals surface area contributed by atoms with Gasteiger partial charge in [-0.3, -0.25) is 0 Å². The molecular weight excluding hydrogens is 172 g/mol. The molecule has 76 valence electrons. The standard InChI is InChI=1S/C12H18N2/c1-10-8-13-12(9-14(10)2)11-6-4-3-5-7-11/h3-7,10,12-13H,8-9H2,1-2H3/t10-,12+/m1/s1. The second-order valence-electron chi connectivity index (χ2n) is 4.16. The van der Waals surface area contributed by atoms with Gasteiger partial charge in [-0.25, -0.2) is 0 Å². The molecule has 0 saturated carbocycles. The monoisotopic (exact) mass is 190 g/mol. The van der Waals surface area contributed by atoms with Crippen LogP contribution in [0.1, 0.15) is 18.5 Å². The minimum atomic E-state index is 0.498. The summed E-state index contributed by atoms with van der Waals surface area (Å²) in [6, 6.07) is 11.8. The summed E-state index contributed by atoms with van der Waals surface area (Å²) in [5, 5.41) is 3.57. The first-order valence-electron chi connectivity index (χ1n) is 5.26. The van der Waals surface area contributed by atoms with Crippen LogP contribution in [-0.4, -0.2) is 31.1 Å². The molecule has 2 atom stereocenters. The lowest BCUT2D eigenvalue weighted by atomic mass is 10.0. The lowest BCUT2D eigenvalue weighted by molar-refractivity contribution is 0.176. The van der Waals surface area contributed by atoms with Crippen molar-refractivity contribution in [3.05, 3.63) is 35.9 Å². The average molecular weight is 190 g/mol. The highest BCUT2D eigenvalue weighted by molar-refractivity contribution is 5.19. The van der Waals surface area contributed by atoms with Gasteiger partial charge in [-0.05, 0) is 19.5 Å². The van der Waals surface area contributed by atoms with E-state index in [2.05, 4.69) is 54.5 Å². The molecule has 1 fully saturated rings. The predicted octanol–water partition coefficient (Wildman–Crippen LogP) is 1.65. The lowest BCUT2D eigenvalue weighted by Crippen LogP contribution is -2.49. The van der Waals surface area contributed by atoms with E-state index in [-0.39, 0.29) is 0 Å². The molecule has 1 N–H and O–H groups in total. The minimum absolute atomic E-state index is 0.498. The Labute approximate surface area is 85.9 Å². The van der Waals surface area contributed by atoms with Gasteiger partial charge in [0, 0.05) is 25.2 Å². The molecule has 14 heavy (non-hydrogen) atoms. The Hall–Kier alpha value is -0.860. The highest BCUT2D eigenvalue weighted by Crippen LogP contribution is 2.17. The third-order valence-electron chi connectivity index (χ3n) is 3.08. The fourth-order valence-electron chi connectivity index (χ4n) is 1.91. The molecule has 0 amide bonds. The summed E-state index contributed by atoms with van der Waals surface area (Å²) in [6.45, 7) is 4.44. The molecule has 1 aliphatic heterocycles. The zero-order chi connectivity index (χ0) is 9.97. The molecule has 0 bridgehead atoms. The SMILES string of the molecule is C[C@@H]1CN[C@H](c2ccccc2)CN1C. The fraction of sp³-hybridized carbons (Fsp3) is 0.500. The molecule has 1 aromatic carbocycles. The molecule has 2 heteroatoms. The van der Waals surface area contributed by atoms with Gasteiger partial charge in [0.25, 0.3) is 0 Å². The number of hydrogen-bond donors (Lipinski definition) is 1. The zero-order valence-corrected chi connectivity index (χ0v) is 8.90. The highest BCUT2D eigenvalue weighted by atomic mass is 15.2. The Morgan fingerprint density at radius 2 is 2.00 bits per heavy atom. The van der Waals surface area contributed by atoms with Crippen molar-refractivity contribution >= 4 is 0 Å². The second kappa shape index (κ2) is 4.11. The van der Waals surface area contributed by atoms with Crippen molar-refractivity contribution in [2.75, 3.05) is 20.1 Å². The van der Waals surface area contributed by atoms with E-state index in [9.17, 15) is 0 Å². The van der Waals surface area contributed by atoms with Gasteiger partial charge in [0.1, 0.15) is 0 Å². The molecule has 1 heterocycles. The van der Waals surface area contributed by atoms with Crippen LogP contribution in [0.2, 0.25) is 0 Å². The number of nitrogens with one attached hydrogen (secondary N) is 1.